The minimum Gasteiger partial charge on any atom is -0.316 e. The van der Waals surface area contributed by atoms with Gasteiger partial charge in [0.25, 0.3) is 0 Å². The molecule has 0 aromatic carbocycles. The first-order chi connectivity index (χ1) is 7.53. The first-order valence-corrected chi connectivity index (χ1v) is 4.87. The summed E-state index contributed by atoms with van der Waals surface area (Å²) in [6.07, 6.45) is -9.00. The van der Waals surface area contributed by atoms with Gasteiger partial charge in [-0.1, -0.05) is 0 Å². The second kappa shape index (κ2) is 5.62. The highest BCUT2D eigenvalue weighted by molar-refractivity contribution is 9.10. The lowest BCUT2D eigenvalue weighted by molar-refractivity contribution is -0.151. The Bertz CT molecular complexity index is 419. The highest BCUT2D eigenvalue weighted by Crippen LogP contribution is 2.37. The van der Waals surface area contributed by atoms with Crippen LogP contribution in [-0.2, 0) is 6.18 Å². The maximum atomic E-state index is 12.3. The Morgan fingerprint density at radius 1 is 1.17 bits per heavy atom. The van der Waals surface area contributed by atoms with Gasteiger partial charge >= 0.3 is 12.4 Å². The van der Waals surface area contributed by atoms with Crippen molar-refractivity contribution in [3.05, 3.63) is 28.0 Å². The lowest BCUT2D eigenvalue weighted by Gasteiger charge is -2.18. The van der Waals surface area contributed by atoms with Crippen LogP contribution >= 0.6 is 28.3 Å². The Morgan fingerprint density at radius 2 is 1.67 bits per heavy atom. The molecule has 0 spiro atoms. The average molecular weight is 359 g/mol. The quantitative estimate of drug-likeness (QED) is 0.774. The van der Waals surface area contributed by atoms with Crippen LogP contribution in [0.5, 0.6) is 0 Å². The van der Waals surface area contributed by atoms with Gasteiger partial charge in [-0.2, -0.15) is 26.3 Å². The predicted octanol–water partition coefficient (Wildman–Crippen LogP) is 3.85. The highest BCUT2D eigenvalue weighted by atomic mass is 79.9. The van der Waals surface area contributed by atoms with Gasteiger partial charge in [-0.05, 0) is 27.6 Å². The molecule has 2 N–H and O–H groups in total. The molecule has 10 heteroatoms. The number of alkyl halides is 6. The number of rotatable bonds is 1. The van der Waals surface area contributed by atoms with Gasteiger partial charge in [0.15, 0.2) is 0 Å². The number of hydrogen-bond donors (Lipinski definition) is 1. The molecule has 0 bridgehead atoms. The molecule has 18 heavy (non-hydrogen) atoms. The molecule has 0 unspecified atom stereocenters. The lowest BCUT2D eigenvalue weighted by atomic mass is 10.1. The van der Waals surface area contributed by atoms with Crippen LogP contribution in [0.3, 0.4) is 0 Å². The van der Waals surface area contributed by atoms with E-state index in [4.69, 9.17) is 5.73 Å². The molecule has 0 aliphatic rings. The molecule has 1 aromatic heterocycles. The maximum Gasteiger partial charge on any atom is 0.433 e. The first kappa shape index (κ1) is 17.5. The normalized spacial score (nSPS) is 14.0. The van der Waals surface area contributed by atoms with Crippen LogP contribution in [0.15, 0.2) is 16.7 Å². The zero-order valence-corrected chi connectivity index (χ0v) is 10.7. The van der Waals surface area contributed by atoms with Crippen molar-refractivity contribution in [2.24, 2.45) is 5.73 Å². The van der Waals surface area contributed by atoms with Crippen molar-refractivity contribution in [1.29, 1.82) is 0 Å². The third kappa shape index (κ3) is 3.99. The van der Waals surface area contributed by atoms with Crippen LogP contribution in [-0.4, -0.2) is 11.2 Å². The average Bonchev–Trinajstić information content (AvgIpc) is 2.14. The molecule has 0 radical (unpaired) electrons. The van der Waals surface area contributed by atoms with Gasteiger partial charge in [0.1, 0.15) is 11.7 Å². The number of halogens is 8. The predicted molar refractivity (Wildman–Crippen MR) is 57.2 cm³/mol. The van der Waals surface area contributed by atoms with Gasteiger partial charge < -0.3 is 5.73 Å². The van der Waals surface area contributed by atoms with E-state index in [0.29, 0.717) is 6.20 Å². The van der Waals surface area contributed by atoms with Crippen LogP contribution in [0.25, 0.3) is 0 Å². The summed E-state index contributed by atoms with van der Waals surface area (Å²) in [5.41, 5.74) is 2.71. The van der Waals surface area contributed by atoms with E-state index in [0.717, 1.165) is 0 Å². The molecule has 1 aromatic rings. The van der Waals surface area contributed by atoms with Crippen molar-refractivity contribution in [3.8, 4) is 0 Å². The van der Waals surface area contributed by atoms with Crippen molar-refractivity contribution in [1.82, 2.24) is 4.98 Å². The summed E-state index contributed by atoms with van der Waals surface area (Å²) in [7, 11) is 0. The Morgan fingerprint density at radius 3 is 2.06 bits per heavy atom. The summed E-state index contributed by atoms with van der Waals surface area (Å²) in [6, 6.07) is -2.22. The van der Waals surface area contributed by atoms with E-state index in [9.17, 15) is 26.3 Å². The van der Waals surface area contributed by atoms with Crippen molar-refractivity contribution >= 4 is 28.3 Å². The second-order valence-corrected chi connectivity index (χ2v) is 3.96. The van der Waals surface area contributed by atoms with Crippen LogP contribution < -0.4 is 5.73 Å². The van der Waals surface area contributed by atoms with E-state index in [2.05, 4.69) is 20.9 Å². The summed E-state index contributed by atoms with van der Waals surface area (Å²) in [6.45, 7) is 0. The number of pyridine rings is 1. The zero-order valence-electron chi connectivity index (χ0n) is 8.31. The number of nitrogens with zero attached hydrogens (tertiary/aromatic N) is 1. The van der Waals surface area contributed by atoms with Gasteiger partial charge in [-0.25, -0.2) is 0 Å². The summed E-state index contributed by atoms with van der Waals surface area (Å²) in [5.74, 6) is 0. The molecule has 1 atom stereocenters. The monoisotopic (exact) mass is 358 g/mol. The van der Waals surface area contributed by atoms with Gasteiger partial charge in [0, 0.05) is 10.7 Å². The molecule has 0 fully saturated rings. The van der Waals surface area contributed by atoms with E-state index in [1.54, 1.807) is 0 Å². The number of hydrogen-bond acceptors (Lipinski definition) is 2. The van der Waals surface area contributed by atoms with E-state index in [-0.39, 0.29) is 22.9 Å². The SMILES string of the molecule is Cl.N[C@H](c1cc(C(F)(F)F)ncc1Br)C(F)(F)F. The second-order valence-electron chi connectivity index (χ2n) is 3.11. The van der Waals surface area contributed by atoms with Gasteiger partial charge in [-0.3, -0.25) is 4.98 Å². The molecular formula is C8H6BrClF6N2. The minimum atomic E-state index is -4.83. The molecule has 0 saturated carbocycles. The number of nitrogens with two attached hydrogens (primary N) is 1. The van der Waals surface area contributed by atoms with Crippen molar-refractivity contribution in [2.75, 3.05) is 0 Å². The molecule has 0 amide bonds. The topological polar surface area (TPSA) is 38.9 Å². The first-order valence-electron chi connectivity index (χ1n) is 4.08. The van der Waals surface area contributed by atoms with Gasteiger partial charge in [0.05, 0.1) is 0 Å². The standard InChI is InChI=1S/C8H5BrF6N2.ClH/c9-4-2-17-5(7(10,11)12)1-3(4)6(16)8(13,14)15;/h1-2,6H,16H2;1H/t6-;/m1./s1. The fourth-order valence-electron chi connectivity index (χ4n) is 1.02. The maximum absolute atomic E-state index is 12.3. The van der Waals surface area contributed by atoms with Crippen molar-refractivity contribution in [2.45, 2.75) is 18.4 Å². The van der Waals surface area contributed by atoms with Crippen LogP contribution in [0.4, 0.5) is 26.3 Å². The summed E-state index contributed by atoms with van der Waals surface area (Å²) in [5, 5.41) is 0. The smallest absolute Gasteiger partial charge is 0.316 e. The van der Waals surface area contributed by atoms with E-state index in [1.165, 1.54) is 0 Å². The molecule has 2 nitrogen and oxygen atoms in total. The van der Waals surface area contributed by atoms with Crippen LogP contribution in [0.1, 0.15) is 17.3 Å². The molecular weight excluding hydrogens is 353 g/mol. The fourth-order valence-corrected chi connectivity index (χ4v) is 1.49. The van der Waals surface area contributed by atoms with E-state index in [1.807, 2.05) is 0 Å². The molecule has 0 aliphatic carbocycles. The van der Waals surface area contributed by atoms with E-state index < -0.39 is 29.7 Å². The largest absolute Gasteiger partial charge is 0.433 e. The highest BCUT2D eigenvalue weighted by Gasteiger charge is 2.41. The van der Waals surface area contributed by atoms with Gasteiger partial charge in [0.2, 0.25) is 0 Å². The fraction of sp³-hybridized carbons (Fsp3) is 0.375. The Labute approximate surface area is 112 Å². The minimum absolute atomic E-state index is 0. The third-order valence-corrected chi connectivity index (χ3v) is 2.53. The van der Waals surface area contributed by atoms with Crippen molar-refractivity contribution in [3.63, 3.8) is 0 Å². The van der Waals surface area contributed by atoms with Gasteiger partial charge in [-0.15, -0.1) is 12.4 Å². The van der Waals surface area contributed by atoms with E-state index >= 15 is 0 Å². The number of aromatic nitrogens is 1. The zero-order chi connectivity index (χ0) is 13.4. The van der Waals surface area contributed by atoms with Crippen LogP contribution in [0.2, 0.25) is 0 Å². The summed E-state index contributed by atoms with van der Waals surface area (Å²) in [4.78, 5) is 2.98. The van der Waals surface area contributed by atoms with Crippen molar-refractivity contribution < 1.29 is 26.3 Å². The Kier molecular flexibility index (Phi) is 5.45. The lowest BCUT2D eigenvalue weighted by Crippen LogP contribution is -2.29. The Balaban J connectivity index is 0.00000289. The van der Waals surface area contributed by atoms with Crippen LogP contribution in [0, 0.1) is 0 Å². The molecule has 1 rings (SSSR count). The molecule has 0 aliphatic heterocycles. The third-order valence-electron chi connectivity index (χ3n) is 1.86. The summed E-state index contributed by atoms with van der Waals surface area (Å²) < 4.78 is 73.4. The molecule has 1 heterocycles. The molecule has 0 saturated heterocycles. The summed E-state index contributed by atoms with van der Waals surface area (Å²) >= 11 is 2.68. The Hall–Kier alpha value is -0.540. The molecule has 104 valence electrons.